The van der Waals surface area contributed by atoms with Gasteiger partial charge in [-0.3, -0.25) is 0 Å². The molecule has 0 aliphatic heterocycles. The molecule has 0 saturated carbocycles. The van der Waals surface area contributed by atoms with Crippen molar-refractivity contribution in [2.24, 2.45) is 0 Å². The largest absolute Gasteiger partial charge is 0.618 e. The molecule has 12 heavy (non-hydrogen) atoms. The Kier molecular flexibility index (Phi) is 2.67. The number of hydrogen-bond acceptors (Lipinski definition) is 1. The van der Waals surface area contributed by atoms with Crippen LogP contribution in [0.1, 0.15) is 0 Å². The number of aromatic nitrogens is 1. The van der Waals surface area contributed by atoms with Gasteiger partial charge in [0.1, 0.15) is 0 Å². The summed E-state index contributed by atoms with van der Waals surface area (Å²) in [4.78, 5) is 0. The molecule has 64 valence electrons. The van der Waals surface area contributed by atoms with E-state index in [4.69, 9.17) is 0 Å². The van der Waals surface area contributed by atoms with Gasteiger partial charge in [-0.15, -0.1) is 0 Å². The molecule has 1 aromatic heterocycles. The molecule has 2 rings (SSSR count). The van der Waals surface area contributed by atoms with Gasteiger partial charge in [-0.05, 0) is 12.1 Å². The molecule has 0 atom stereocenters. The van der Waals surface area contributed by atoms with Gasteiger partial charge in [-0.2, -0.15) is 4.73 Å². The summed E-state index contributed by atoms with van der Waals surface area (Å²) in [6.07, 6.45) is 1.50. The number of hydrogen-bond donors (Lipinski definition) is 0. The number of rotatable bonds is 0. The van der Waals surface area contributed by atoms with Crippen LogP contribution in [0.15, 0.2) is 42.6 Å². The molecule has 0 saturated heterocycles. The number of nitrogens with zero attached hydrogens (tertiary/aromatic N) is 1. The summed E-state index contributed by atoms with van der Waals surface area (Å²) in [7, 11) is 0. The second-order valence-corrected chi connectivity index (χ2v) is 2.39. The third-order valence-corrected chi connectivity index (χ3v) is 1.67. The first-order chi connectivity index (χ1) is 5.38. The SMILES string of the molecule is [Ni].[O-][n+]1cccc2ccccc21. The molecule has 0 radical (unpaired) electrons. The maximum atomic E-state index is 11.1. The van der Waals surface area contributed by atoms with Gasteiger partial charge in [0.15, 0.2) is 6.20 Å². The first kappa shape index (κ1) is 9.02. The van der Waals surface area contributed by atoms with Crippen molar-refractivity contribution in [1.82, 2.24) is 0 Å². The number of pyridine rings is 1. The minimum atomic E-state index is 0. The Balaban J connectivity index is 0.000000720. The maximum Gasteiger partial charge on any atom is 0.223 e. The van der Waals surface area contributed by atoms with Crippen LogP contribution in [-0.4, -0.2) is 0 Å². The minimum Gasteiger partial charge on any atom is -0.618 e. The average molecular weight is 204 g/mol. The van der Waals surface area contributed by atoms with Gasteiger partial charge in [0.25, 0.3) is 0 Å². The molecule has 2 aromatic rings. The van der Waals surface area contributed by atoms with Crippen LogP contribution in [0.3, 0.4) is 0 Å². The van der Waals surface area contributed by atoms with E-state index < -0.39 is 0 Å². The molecule has 1 aromatic carbocycles. The van der Waals surface area contributed by atoms with Crippen molar-refractivity contribution in [3.05, 3.63) is 47.8 Å². The molecule has 2 nitrogen and oxygen atoms in total. The van der Waals surface area contributed by atoms with Crippen molar-refractivity contribution in [3.63, 3.8) is 0 Å². The maximum absolute atomic E-state index is 11.1. The van der Waals surface area contributed by atoms with Crippen molar-refractivity contribution in [1.29, 1.82) is 0 Å². The van der Waals surface area contributed by atoms with Crippen molar-refractivity contribution in [2.45, 2.75) is 0 Å². The second kappa shape index (κ2) is 3.55. The first-order valence-corrected chi connectivity index (χ1v) is 3.45. The Morgan fingerprint density at radius 3 is 2.42 bits per heavy atom. The fraction of sp³-hybridized carbons (Fsp3) is 0. The van der Waals surface area contributed by atoms with Crippen LogP contribution in [0.4, 0.5) is 0 Å². The molecule has 0 N–H and O–H groups in total. The monoisotopic (exact) mass is 203 g/mol. The molecule has 0 unspecified atom stereocenters. The second-order valence-electron chi connectivity index (χ2n) is 2.39. The first-order valence-electron chi connectivity index (χ1n) is 3.45. The molecule has 0 fully saturated rings. The summed E-state index contributed by atoms with van der Waals surface area (Å²) >= 11 is 0. The Hall–Kier alpha value is -1.08. The van der Waals surface area contributed by atoms with E-state index in [0.29, 0.717) is 0 Å². The molecule has 1 heterocycles. The molecular formula is C9H7NNiO. The topological polar surface area (TPSA) is 26.9 Å². The van der Waals surface area contributed by atoms with Crippen LogP contribution in [0.2, 0.25) is 0 Å². The van der Waals surface area contributed by atoms with Gasteiger partial charge < -0.3 is 5.21 Å². The Labute approximate surface area is 80.3 Å². The normalized spacial score (nSPS) is 9.33. The summed E-state index contributed by atoms with van der Waals surface area (Å²) in [5.74, 6) is 0. The van der Waals surface area contributed by atoms with Gasteiger partial charge in [0, 0.05) is 34.0 Å². The number of para-hydroxylation sites is 1. The average Bonchev–Trinajstić information content (AvgIpc) is 2.06. The quantitative estimate of drug-likeness (QED) is 0.362. The van der Waals surface area contributed by atoms with Crippen LogP contribution in [0.25, 0.3) is 10.9 Å². The zero-order chi connectivity index (χ0) is 7.68. The van der Waals surface area contributed by atoms with Gasteiger partial charge in [0.2, 0.25) is 5.52 Å². The van der Waals surface area contributed by atoms with Gasteiger partial charge in [-0.1, -0.05) is 12.1 Å². The van der Waals surface area contributed by atoms with Crippen molar-refractivity contribution in [3.8, 4) is 0 Å². The third-order valence-electron chi connectivity index (χ3n) is 1.67. The zero-order valence-corrected chi connectivity index (χ0v) is 7.20. The molecule has 0 aliphatic carbocycles. The molecule has 0 bridgehead atoms. The van der Waals surface area contributed by atoms with E-state index in [1.54, 1.807) is 6.07 Å². The molecular weight excluding hydrogens is 197 g/mol. The molecule has 0 spiro atoms. The summed E-state index contributed by atoms with van der Waals surface area (Å²) in [5.41, 5.74) is 0.718. The Morgan fingerprint density at radius 2 is 1.67 bits per heavy atom. The van der Waals surface area contributed by atoms with Gasteiger partial charge in [0.05, 0.1) is 0 Å². The number of fused-ring (bicyclic) bond motifs is 1. The summed E-state index contributed by atoms with van der Waals surface area (Å²) < 4.78 is 0.870. The van der Waals surface area contributed by atoms with Gasteiger partial charge in [-0.25, -0.2) is 0 Å². The molecule has 0 amide bonds. The van der Waals surface area contributed by atoms with E-state index in [-0.39, 0.29) is 16.5 Å². The number of benzene rings is 1. The van der Waals surface area contributed by atoms with Crippen LogP contribution in [0.5, 0.6) is 0 Å². The van der Waals surface area contributed by atoms with Crippen LogP contribution < -0.4 is 4.73 Å². The smallest absolute Gasteiger partial charge is 0.223 e. The van der Waals surface area contributed by atoms with E-state index in [1.807, 2.05) is 30.3 Å². The van der Waals surface area contributed by atoms with E-state index in [1.165, 1.54) is 6.20 Å². The zero-order valence-electron chi connectivity index (χ0n) is 6.21. The fourth-order valence-electron chi connectivity index (χ4n) is 1.13. The molecule has 0 aliphatic rings. The summed E-state index contributed by atoms with van der Waals surface area (Å²) in [6, 6.07) is 11.2. The predicted molar refractivity (Wildman–Crippen MR) is 42.9 cm³/mol. The molecule has 3 heteroatoms. The standard InChI is InChI=1S/C9H7NO.Ni/c11-10-7-3-5-8-4-1-2-6-9(8)10;/h1-7H;. The van der Waals surface area contributed by atoms with Crippen LogP contribution in [-0.2, 0) is 16.5 Å². The van der Waals surface area contributed by atoms with Crippen molar-refractivity contribution < 1.29 is 21.2 Å². The fourth-order valence-corrected chi connectivity index (χ4v) is 1.13. The van der Waals surface area contributed by atoms with E-state index in [9.17, 15) is 5.21 Å². The summed E-state index contributed by atoms with van der Waals surface area (Å²) in [5, 5.41) is 12.1. The summed E-state index contributed by atoms with van der Waals surface area (Å²) in [6.45, 7) is 0. The van der Waals surface area contributed by atoms with E-state index >= 15 is 0 Å². The van der Waals surface area contributed by atoms with Crippen molar-refractivity contribution in [2.75, 3.05) is 0 Å². The van der Waals surface area contributed by atoms with Gasteiger partial charge >= 0.3 is 0 Å². The Bertz CT molecular complexity index is 384. The van der Waals surface area contributed by atoms with Crippen molar-refractivity contribution >= 4 is 10.9 Å². The van der Waals surface area contributed by atoms with Crippen LogP contribution >= 0.6 is 0 Å². The predicted octanol–water partition coefficient (Wildman–Crippen LogP) is 1.47. The van der Waals surface area contributed by atoms with E-state index in [0.717, 1.165) is 15.6 Å². The van der Waals surface area contributed by atoms with E-state index in [2.05, 4.69) is 0 Å². The minimum absolute atomic E-state index is 0. The Morgan fingerprint density at radius 1 is 1.00 bits per heavy atom. The third kappa shape index (κ3) is 1.41. The van der Waals surface area contributed by atoms with Crippen LogP contribution in [0, 0.1) is 5.21 Å².